The predicted molar refractivity (Wildman–Crippen MR) is 74.8 cm³/mol. The van der Waals surface area contributed by atoms with Gasteiger partial charge in [0.1, 0.15) is 5.75 Å². The van der Waals surface area contributed by atoms with Gasteiger partial charge in [-0.05, 0) is 25.1 Å². The Morgan fingerprint density at radius 1 is 1.38 bits per heavy atom. The first kappa shape index (κ1) is 15.1. The van der Waals surface area contributed by atoms with Crippen LogP contribution in [0.2, 0.25) is 0 Å². The number of ketones is 1. The van der Waals surface area contributed by atoms with Crippen molar-refractivity contribution in [3.05, 3.63) is 39.9 Å². The fraction of sp³-hybridized carbons (Fsp3) is 0.143. The van der Waals surface area contributed by atoms with Crippen LogP contribution in [0, 0.1) is 5.92 Å². The zero-order valence-corrected chi connectivity index (χ0v) is 12.4. The summed E-state index contributed by atoms with van der Waals surface area (Å²) in [6, 6.07) is 4.15. The number of halogens is 1. The molecule has 1 aliphatic rings. The van der Waals surface area contributed by atoms with E-state index < -0.39 is 29.2 Å². The number of amides is 1. The molecule has 21 heavy (non-hydrogen) atoms. The molecule has 1 N–H and O–H groups in total. The first-order valence-electron chi connectivity index (χ1n) is 5.86. The fourth-order valence-electron chi connectivity index (χ4n) is 1.90. The fourth-order valence-corrected chi connectivity index (χ4v) is 2.26. The van der Waals surface area contributed by atoms with E-state index in [1.165, 1.54) is 25.1 Å². The van der Waals surface area contributed by atoms with Crippen molar-refractivity contribution in [1.29, 1.82) is 0 Å². The minimum Gasteiger partial charge on any atom is -0.549 e. The molecule has 1 aliphatic heterocycles. The highest BCUT2D eigenvalue weighted by atomic mass is 79.9. The number of hydrogen-bond acceptors (Lipinski definition) is 5. The summed E-state index contributed by atoms with van der Waals surface area (Å²) >= 11 is 3.15. The summed E-state index contributed by atoms with van der Waals surface area (Å²) in [6.07, 6.45) is 1.00. The standard InChI is InChI=1S/C14H10BrNO5/c1-6-8(14(20)21)5-10(13(19)16-6)12(18)9-4-7(15)2-3-11(9)17/h2-5,8,17H,1H3,(H,20,21)/p-1. The number of phenolic OH excluding ortho intramolecular Hbond substituents is 1. The van der Waals surface area contributed by atoms with E-state index in [-0.39, 0.29) is 17.0 Å². The van der Waals surface area contributed by atoms with Crippen LogP contribution < -0.4 is 5.11 Å². The molecule has 1 atom stereocenters. The van der Waals surface area contributed by atoms with Crippen LogP contribution in [0.15, 0.2) is 39.3 Å². The minimum atomic E-state index is -1.45. The highest BCUT2D eigenvalue weighted by Crippen LogP contribution is 2.26. The van der Waals surface area contributed by atoms with Crippen molar-refractivity contribution in [1.82, 2.24) is 0 Å². The van der Waals surface area contributed by atoms with Gasteiger partial charge in [0.15, 0.2) is 0 Å². The molecule has 1 unspecified atom stereocenters. The summed E-state index contributed by atoms with van der Waals surface area (Å²) in [5.74, 6) is -4.63. The van der Waals surface area contributed by atoms with Crippen LogP contribution in [-0.4, -0.2) is 28.5 Å². The summed E-state index contributed by atoms with van der Waals surface area (Å²) in [4.78, 5) is 38.6. The van der Waals surface area contributed by atoms with Gasteiger partial charge in [0.05, 0.1) is 23.0 Å². The van der Waals surface area contributed by atoms with Crippen molar-refractivity contribution < 1.29 is 24.6 Å². The van der Waals surface area contributed by atoms with Crippen molar-refractivity contribution in [2.45, 2.75) is 6.92 Å². The van der Waals surface area contributed by atoms with Gasteiger partial charge >= 0.3 is 0 Å². The number of carboxylic acids is 1. The Morgan fingerprint density at radius 3 is 2.67 bits per heavy atom. The van der Waals surface area contributed by atoms with Crippen LogP contribution in [0.1, 0.15) is 17.3 Å². The van der Waals surface area contributed by atoms with E-state index in [1.54, 1.807) is 0 Å². The van der Waals surface area contributed by atoms with Crippen LogP contribution in [0.4, 0.5) is 0 Å². The number of Topliss-reactive ketones (excluding diaryl/α,β-unsaturated/α-hetero) is 1. The molecule has 0 aromatic heterocycles. The van der Waals surface area contributed by atoms with Crippen LogP contribution in [0.25, 0.3) is 0 Å². The molecule has 2 rings (SSSR count). The lowest BCUT2D eigenvalue weighted by atomic mass is 9.93. The van der Waals surface area contributed by atoms with Gasteiger partial charge in [-0.1, -0.05) is 22.0 Å². The third kappa shape index (κ3) is 2.92. The zero-order chi connectivity index (χ0) is 15.7. The van der Waals surface area contributed by atoms with Crippen molar-refractivity contribution in [3.8, 4) is 5.75 Å². The normalized spacial score (nSPS) is 18.0. The second-order valence-electron chi connectivity index (χ2n) is 4.43. The molecular weight excluding hydrogens is 342 g/mol. The van der Waals surface area contributed by atoms with E-state index in [2.05, 4.69) is 20.9 Å². The van der Waals surface area contributed by atoms with Gasteiger partial charge in [-0.25, -0.2) is 4.99 Å². The van der Waals surface area contributed by atoms with Gasteiger partial charge in [-0.15, -0.1) is 0 Å². The molecule has 1 aromatic carbocycles. The molecule has 1 heterocycles. The van der Waals surface area contributed by atoms with Gasteiger partial charge in [-0.3, -0.25) is 9.59 Å². The molecule has 108 valence electrons. The largest absolute Gasteiger partial charge is 0.549 e. The Balaban J connectivity index is 2.47. The first-order chi connectivity index (χ1) is 9.81. The molecule has 0 saturated heterocycles. The number of aliphatic carboxylic acids is 1. The molecule has 0 fully saturated rings. The maximum Gasteiger partial charge on any atom is 0.280 e. The molecule has 0 bridgehead atoms. The molecule has 0 aliphatic carbocycles. The average Bonchev–Trinajstić information content (AvgIpc) is 2.40. The molecule has 0 spiro atoms. The summed E-state index contributed by atoms with van der Waals surface area (Å²) in [7, 11) is 0. The molecule has 1 amide bonds. The number of benzene rings is 1. The third-order valence-electron chi connectivity index (χ3n) is 2.99. The van der Waals surface area contributed by atoms with Crippen molar-refractivity contribution in [2.75, 3.05) is 0 Å². The van der Waals surface area contributed by atoms with Crippen molar-refractivity contribution in [3.63, 3.8) is 0 Å². The Bertz CT molecular complexity index is 720. The number of dihydropyridines is 1. The number of hydrogen-bond donors (Lipinski definition) is 1. The van der Waals surface area contributed by atoms with E-state index >= 15 is 0 Å². The van der Waals surface area contributed by atoms with Gasteiger partial charge in [0, 0.05) is 10.2 Å². The lowest BCUT2D eigenvalue weighted by Gasteiger charge is -2.19. The van der Waals surface area contributed by atoms with Crippen LogP contribution >= 0.6 is 15.9 Å². The molecule has 1 aromatic rings. The maximum absolute atomic E-state index is 12.3. The number of rotatable bonds is 3. The summed E-state index contributed by atoms with van der Waals surface area (Å²) in [6.45, 7) is 1.37. The predicted octanol–water partition coefficient (Wildman–Crippen LogP) is 0.631. The van der Waals surface area contributed by atoms with E-state index in [0.717, 1.165) is 6.08 Å². The average molecular weight is 351 g/mol. The van der Waals surface area contributed by atoms with Gasteiger partial charge in [0.2, 0.25) is 5.78 Å². The minimum absolute atomic E-state index is 0.0509. The number of carboxylic acid groups (broad SMARTS) is 1. The zero-order valence-electron chi connectivity index (χ0n) is 10.8. The monoisotopic (exact) mass is 350 g/mol. The van der Waals surface area contributed by atoms with E-state index in [1.807, 2.05) is 0 Å². The lowest BCUT2D eigenvalue weighted by Crippen LogP contribution is -2.37. The van der Waals surface area contributed by atoms with E-state index in [9.17, 15) is 24.6 Å². The molecule has 7 heteroatoms. The van der Waals surface area contributed by atoms with Gasteiger partial charge in [-0.2, -0.15) is 0 Å². The Labute approximate surface area is 127 Å². The summed E-state index contributed by atoms with van der Waals surface area (Å²) in [5.41, 5.74) is -0.464. The van der Waals surface area contributed by atoms with Crippen molar-refractivity contribution in [2.24, 2.45) is 10.9 Å². The lowest BCUT2D eigenvalue weighted by molar-refractivity contribution is -0.307. The van der Waals surface area contributed by atoms with Gasteiger partial charge in [0.25, 0.3) is 5.91 Å². The number of carbonyl (C=O) groups excluding carboxylic acids is 3. The molecule has 0 radical (unpaired) electrons. The van der Waals surface area contributed by atoms with Crippen molar-refractivity contribution >= 4 is 39.3 Å². The Hall–Kier alpha value is -2.28. The smallest absolute Gasteiger partial charge is 0.280 e. The highest BCUT2D eigenvalue weighted by Gasteiger charge is 2.28. The topological polar surface area (TPSA) is 107 Å². The SMILES string of the molecule is CC1=NC(=O)C(C(=O)c2cc(Br)ccc2O)=CC1C(=O)[O-]. The van der Waals surface area contributed by atoms with Crippen LogP contribution in [-0.2, 0) is 9.59 Å². The van der Waals surface area contributed by atoms with Gasteiger partial charge < -0.3 is 15.0 Å². The number of aromatic hydroxyl groups is 1. The quantitative estimate of drug-likeness (QED) is 0.635. The maximum atomic E-state index is 12.3. The number of phenols is 1. The molecular formula is C14H9BrNO5-. The number of aliphatic imine (C=N–C) groups is 1. The summed E-state index contributed by atoms with van der Waals surface area (Å²) < 4.78 is 0.531. The van der Waals surface area contributed by atoms with E-state index in [0.29, 0.717) is 4.47 Å². The second-order valence-corrected chi connectivity index (χ2v) is 5.34. The van der Waals surface area contributed by atoms with Crippen LogP contribution in [0.3, 0.4) is 0 Å². The first-order valence-corrected chi connectivity index (χ1v) is 6.66. The Kier molecular flexibility index (Phi) is 4.04. The second kappa shape index (κ2) is 5.61. The number of carbonyl (C=O) groups is 3. The third-order valence-corrected chi connectivity index (χ3v) is 3.49. The van der Waals surface area contributed by atoms with E-state index in [4.69, 9.17) is 0 Å². The van der Waals surface area contributed by atoms with Crippen LogP contribution in [0.5, 0.6) is 5.75 Å². The molecule has 6 nitrogen and oxygen atoms in total. The number of nitrogens with zero attached hydrogens (tertiary/aromatic N) is 1. The Morgan fingerprint density at radius 2 is 2.05 bits per heavy atom. The molecule has 0 saturated carbocycles. The summed E-state index contributed by atoms with van der Waals surface area (Å²) in [5, 5.41) is 20.7. The highest BCUT2D eigenvalue weighted by molar-refractivity contribution is 9.10.